The van der Waals surface area contributed by atoms with Crippen LogP contribution in [0.15, 0.2) is 283 Å². The van der Waals surface area contributed by atoms with Gasteiger partial charge in [-0.1, -0.05) is 91.0 Å². The van der Waals surface area contributed by atoms with E-state index >= 15 is 0 Å². The summed E-state index contributed by atoms with van der Waals surface area (Å²) in [5.41, 5.74) is 23.7. The number of furan rings is 1. The van der Waals surface area contributed by atoms with Crippen LogP contribution in [-0.4, -0.2) is 9.13 Å². The SMILES string of the molecule is c1cc(-c2cccc(-n3c4ccccc4c4ccccc43)c2)cc(-c2ccc3oc4ccc(-c5cccc(-c6ccc7sc8ccc(-c9ccc%10c(c9)-c9cc(-n%11c%12ccccc%12c%12ccccc%12%11)ccc9[I-]%10)cc8c7c6)c5)cc4c3c2)c1. The van der Waals surface area contributed by atoms with Gasteiger partial charge in [0.2, 0.25) is 0 Å². The number of nitrogens with zero attached hydrogens (tertiary/aromatic N) is 2. The second kappa shape index (κ2) is 18.4. The van der Waals surface area contributed by atoms with Crippen LogP contribution in [0.3, 0.4) is 0 Å². The molecule has 5 heterocycles. The summed E-state index contributed by atoms with van der Waals surface area (Å²) >= 11 is 1.61. The molecule has 4 aromatic heterocycles. The first kappa shape index (κ1) is 46.9. The van der Waals surface area contributed by atoms with Crippen LogP contribution in [0.1, 0.15) is 0 Å². The Labute approximate surface area is 492 Å². The fraction of sp³-hybridized carbons (Fsp3) is 0. The van der Waals surface area contributed by atoms with Crippen molar-refractivity contribution in [2.24, 2.45) is 0 Å². The molecule has 0 saturated heterocycles. The fourth-order valence-corrected chi connectivity index (χ4v) is 17.2. The number of rotatable bonds is 7. The summed E-state index contributed by atoms with van der Waals surface area (Å²) in [6.07, 6.45) is 0. The average molecular weight is 1190 g/mol. The summed E-state index contributed by atoms with van der Waals surface area (Å²) in [6, 6.07) is 104. The molecule has 0 bridgehead atoms. The number of hydrogen-bond acceptors (Lipinski definition) is 2. The molecule has 388 valence electrons. The van der Waals surface area contributed by atoms with Crippen LogP contribution in [0, 0.1) is 7.14 Å². The van der Waals surface area contributed by atoms with E-state index in [0.717, 1.165) is 44.3 Å². The maximum atomic E-state index is 6.51. The first-order chi connectivity index (χ1) is 41.1. The summed E-state index contributed by atoms with van der Waals surface area (Å²) in [4.78, 5) is 0. The van der Waals surface area contributed by atoms with Crippen molar-refractivity contribution in [1.82, 2.24) is 9.13 Å². The average Bonchev–Trinajstić information content (AvgIpc) is 3.58. The van der Waals surface area contributed by atoms with Crippen LogP contribution in [0.4, 0.5) is 0 Å². The standard InChI is InChI=1S/C78H46IN2OS/c1-5-22-71-59(18-1)60-19-2-6-23-72(60)80(71)57-17-11-16-51(40-57)47-12-9-13-48(38-47)53-27-34-75-65(42-53)66-43-54(28-35-76(66)82-75)49-14-10-15-50(39-49)55-29-36-77-67(44-55)68-45-56(30-37-78(68)83-77)52-26-32-69-63(41-52)64-46-58(31-33-70(64)79-69)81-73-24-7-3-20-61(73)62-21-4-8-25-74(62)81/h1-46H/q-1. The van der Waals surface area contributed by atoms with Gasteiger partial charge in [0, 0.05) is 27.2 Å². The second-order valence-corrected chi connectivity index (χ2v) is 25.9. The van der Waals surface area contributed by atoms with Gasteiger partial charge in [0.25, 0.3) is 0 Å². The van der Waals surface area contributed by atoms with Crippen molar-refractivity contribution in [3.05, 3.63) is 286 Å². The van der Waals surface area contributed by atoms with E-state index in [1.807, 2.05) is 11.3 Å². The summed E-state index contributed by atoms with van der Waals surface area (Å²) < 4.78 is 16.9. The Morgan fingerprint density at radius 2 is 0.614 bits per heavy atom. The molecule has 0 radical (unpaired) electrons. The Morgan fingerprint density at radius 3 is 1.11 bits per heavy atom. The molecule has 0 spiro atoms. The summed E-state index contributed by atoms with van der Waals surface area (Å²) in [7, 11) is 0. The van der Waals surface area contributed by atoms with Gasteiger partial charge in [-0.2, -0.15) is 0 Å². The number of fused-ring (bicyclic) bond motifs is 15. The Hall–Kier alpha value is -9.79. The van der Waals surface area contributed by atoms with Gasteiger partial charge in [0.1, 0.15) is 11.2 Å². The number of para-hydroxylation sites is 4. The third-order valence-electron chi connectivity index (χ3n) is 17.3. The van der Waals surface area contributed by atoms with Crippen molar-refractivity contribution in [2.75, 3.05) is 0 Å². The molecule has 3 nitrogen and oxygen atoms in total. The fourth-order valence-electron chi connectivity index (χ4n) is 13.3. The Morgan fingerprint density at radius 1 is 0.253 bits per heavy atom. The zero-order chi connectivity index (χ0) is 54.3. The van der Waals surface area contributed by atoms with Crippen LogP contribution >= 0.6 is 11.3 Å². The first-order valence-electron chi connectivity index (χ1n) is 28.2. The molecule has 0 amide bonds. The third-order valence-corrected chi connectivity index (χ3v) is 21.5. The van der Waals surface area contributed by atoms with Crippen molar-refractivity contribution >= 4 is 97.1 Å². The molecule has 0 unspecified atom stereocenters. The van der Waals surface area contributed by atoms with E-state index in [9.17, 15) is 0 Å². The van der Waals surface area contributed by atoms with Gasteiger partial charge < -0.3 is 8.98 Å². The molecule has 13 aromatic carbocycles. The predicted molar refractivity (Wildman–Crippen MR) is 345 cm³/mol. The molecule has 1 aliphatic heterocycles. The van der Waals surface area contributed by atoms with Gasteiger partial charge in [0.15, 0.2) is 0 Å². The molecule has 0 aliphatic carbocycles. The minimum absolute atomic E-state index is 0.266. The number of thiophene rings is 1. The molecular formula is C78H46IN2OS-. The minimum atomic E-state index is -0.266. The molecule has 0 saturated carbocycles. The predicted octanol–water partition coefficient (Wildman–Crippen LogP) is 18.6. The van der Waals surface area contributed by atoms with Crippen molar-refractivity contribution < 1.29 is 25.6 Å². The second-order valence-electron chi connectivity index (χ2n) is 22.0. The molecule has 5 heteroatoms. The summed E-state index contributed by atoms with van der Waals surface area (Å²) in [5, 5.41) is 9.92. The van der Waals surface area contributed by atoms with Gasteiger partial charge >= 0.3 is 259 Å². The van der Waals surface area contributed by atoms with E-state index in [-0.39, 0.29) is 21.2 Å². The third kappa shape index (κ3) is 7.48. The van der Waals surface area contributed by atoms with Crippen LogP contribution in [0.2, 0.25) is 0 Å². The molecule has 0 fully saturated rings. The molecular weight excluding hydrogens is 1140 g/mol. The Kier molecular flexibility index (Phi) is 10.4. The number of benzene rings is 13. The van der Waals surface area contributed by atoms with Crippen molar-refractivity contribution in [1.29, 1.82) is 0 Å². The van der Waals surface area contributed by atoms with Crippen LogP contribution < -0.4 is 21.2 Å². The van der Waals surface area contributed by atoms with Crippen LogP contribution in [-0.2, 0) is 0 Å². The zero-order valence-electron chi connectivity index (χ0n) is 44.6. The molecule has 1 aliphatic rings. The number of halogens is 1. The summed E-state index contributed by atoms with van der Waals surface area (Å²) in [6.45, 7) is 0. The first-order valence-corrected chi connectivity index (χ1v) is 31.2. The van der Waals surface area contributed by atoms with Crippen molar-refractivity contribution in [3.8, 4) is 78.1 Å². The van der Waals surface area contributed by atoms with E-state index in [4.69, 9.17) is 4.42 Å². The van der Waals surface area contributed by atoms with Gasteiger partial charge in [-0.15, -0.1) is 0 Å². The summed E-state index contributed by atoms with van der Waals surface area (Å²) in [5.74, 6) is 0. The van der Waals surface area contributed by atoms with Gasteiger partial charge in [-0.05, 0) is 88.0 Å². The quantitative estimate of drug-likeness (QED) is 0.146. The van der Waals surface area contributed by atoms with Gasteiger partial charge in [-0.3, -0.25) is 0 Å². The van der Waals surface area contributed by atoms with Gasteiger partial charge in [0.05, 0.1) is 11.0 Å². The monoisotopic (exact) mass is 1190 g/mol. The van der Waals surface area contributed by atoms with E-state index in [0.29, 0.717) is 0 Å². The Bertz CT molecular complexity index is 5470. The molecule has 0 N–H and O–H groups in total. The topological polar surface area (TPSA) is 23.0 Å². The smallest absolute Gasteiger partial charge is 0.0543 e. The maximum absolute atomic E-state index is 6.51. The van der Waals surface area contributed by atoms with E-state index in [1.165, 1.54) is 127 Å². The van der Waals surface area contributed by atoms with Gasteiger partial charge in [-0.25, -0.2) is 0 Å². The number of aromatic nitrogens is 2. The van der Waals surface area contributed by atoms with Crippen LogP contribution in [0.5, 0.6) is 0 Å². The molecule has 0 atom stereocenters. The Balaban J connectivity index is 0.652. The van der Waals surface area contributed by atoms with E-state index in [1.54, 1.807) is 0 Å². The van der Waals surface area contributed by atoms with Crippen molar-refractivity contribution in [2.45, 2.75) is 0 Å². The minimum Gasteiger partial charge on any atom is -0.0543 e. The normalized spacial score (nSPS) is 12.4. The van der Waals surface area contributed by atoms with Crippen LogP contribution in [0.25, 0.3) is 164 Å². The van der Waals surface area contributed by atoms with Crippen molar-refractivity contribution in [3.63, 3.8) is 0 Å². The van der Waals surface area contributed by atoms with E-state index in [2.05, 4.69) is 288 Å². The zero-order valence-corrected chi connectivity index (χ0v) is 47.6. The molecule has 83 heavy (non-hydrogen) atoms. The van der Waals surface area contributed by atoms with E-state index < -0.39 is 0 Å². The molecule has 17 aromatic rings. The number of hydrogen-bond donors (Lipinski definition) is 0. The molecule has 18 rings (SSSR count).